The maximum Gasteiger partial charge on any atom is 0.220 e. The summed E-state index contributed by atoms with van der Waals surface area (Å²) in [7, 11) is 0. The molecule has 0 bridgehead atoms. The van der Waals surface area contributed by atoms with Gasteiger partial charge in [0.25, 0.3) is 0 Å². The summed E-state index contributed by atoms with van der Waals surface area (Å²) in [5.41, 5.74) is 5.18. The Bertz CT molecular complexity index is 189. The van der Waals surface area contributed by atoms with Crippen molar-refractivity contribution in [3.05, 3.63) is 0 Å². The fraction of sp³-hybridized carbons (Fsp3) is 0.900. The van der Waals surface area contributed by atoms with E-state index in [0.29, 0.717) is 19.5 Å². The molecule has 0 aromatic heterocycles. The third-order valence-electron chi connectivity index (χ3n) is 2.57. The summed E-state index contributed by atoms with van der Waals surface area (Å²) in [4.78, 5) is 11.3. The van der Waals surface area contributed by atoms with E-state index in [2.05, 4.69) is 5.32 Å². The van der Waals surface area contributed by atoms with Gasteiger partial charge in [-0.3, -0.25) is 4.79 Å². The molecule has 1 atom stereocenters. The molecule has 0 aliphatic carbocycles. The van der Waals surface area contributed by atoms with Gasteiger partial charge in [0.05, 0.1) is 5.60 Å². The van der Waals surface area contributed by atoms with Crippen molar-refractivity contribution in [3.8, 4) is 0 Å². The number of ether oxygens (including phenoxy) is 1. The van der Waals surface area contributed by atoms with Gasteiger partial charge in [0.1, 0.15) is 0 Å². The van der Waals surface area contributed by atoms with Crippen LogP contribution in [0.4, 0.5) is 0 Å². The normalized spacial score (nSPS) is 26.4. The molecule has 0 aromatic rings. The van der Waals surface area contributed by atoms with Gasteiger partial charge in [-0.05, 0) is 32.7 Å². The number of nitrogens with one attached hydrogen (secondary N) is 1. The minimum absolute atomic E-state index is 0.0761. The Morgan fingerprint density at radius 1 is 1.64 bits per heavy atom. The molecule has 1 aliphatic rings. The molecular weight excluding hydrogens is 180 g/mol. The molecule has 0 radical (unpaired) electrons. The van der Waals surface area contributed by atoms with E-state index in [9.17, 15) is 4.79 Å². The summed E-state index contributed by atoms with van der Waals surface area (Å²) in [6.07, 6.45) is 3.40. The molecule has 1 amide bonds. The fourth-order valence-electron chi connectivity index (χ4n) is 1.61. The number of amides is 1. The van der Waals surface area contributed by atoms with Crippen LogP contribution in [-0.4, -0.2) is 31.2 Å². The largest absolute Gasteiger partial charge is 0.373 e. The molecular formula is C10H20N2O2. The van der Waals surface area contributed by atoms with Gasteiger partial charge < -0.3 is 15.8 Å². The zero-order valence-electron chi connectivity index (χ0n) is 8.84. The number of hydrogen-bond acceptors (Lipinski definition) is 3. The molecule has 4 heteroatoms. The summed E-state index contributed by atoms with van der Waals surface area (Å²) < 4.78 is 5.56. The van der Waals surface area contributed by atoms with Gasteiger partial charge >= 0.3 is 0 Å². The number of rotatable bonds is 5. The first kappa shape index (κ1) is 11.5. The lowest BCUT2D eigenvalue weighted by Crippen LogP contribution is -2.40. The minimum atomic E-state index is -0.141. The highest BCUT2D eigenvalue weighted by molar-refractivity contribution is 5.75. The number of carbonyl (C=O) groups is 1. The first-order chi connectivity index (χ1) is 6.66. The molecule has 1 heterocycles. The Morgan fingerprint density at radius 2 is 2.43 bits per heavy atom. The molecule has 82 valence electrons. The summed E-state index contributed by atoms with van der Waals surface area (Å²) in [5.74, 6) is 0.0761. The van der Waals surface area contributed by atoms with Crippen molar-refractivity contribution in [2.75, 3.05) is 19.7 Å². The second-order valence-corrected chi connectivity index (χ2v) is 4.07. The second kappa shape index (κ2) is 5.32. The summed E-state index contributed by atoms with van der Waals surface area (Å²) in [5, 5.41) is 2.88. The maximum absolute atomic E-state index is 11.3. The van der Waals surface area contributed by atoms with Crippen molar-refractivity contribution in [2.45, 2.75) is 38.2 Å². The van der Waals surface area contributed by atoms with E-state index < -0.39 is 0 Å². The molecule has 0 aromatic carbocycles. The van der Waals surface area contributed by atoms with Crippen molar-refractivity contribution >= 4 is 5.91 Å². The van der Waals surface area contributed by atoms with Crippen LogP contribution in [0.2, 0.25) is 0 Å². The minimum Gasteiger partial charge on any atom is -0.373 e. The van der Waals surface area contributed by atoms with E-state index in [1.165, 1.54) is 0 Å². The van der Waals surface area contributed by atoms with E-state index in [1.807, 2.05) is 6.92 Å². The smallest absolute Gasteiger partial charge is 0.220 e. The fourth-order valence-corrected chi connectivity index (χ4v) is 1.61. The molecule has 14 heavy (non-hydrogen) atoms. The lowest BCUT2D eigenvalue weighted by molar-refractivity contribution is -0.122. The van der Waals surface area contributed by atoms with Crippen LogP contribution in [0.15, 0.2) is 0 Å². The third-order valence-corrected chi connectivity index (χ3v) is 2.57. The van der Waals surface area contributed by atoms with Crippen LogP contribution in [0.1, 0.15) is 32.6 Å². The van der Waals surface area contributed by atoms with Gasteiger partial charge in [0.2, 0.25) is 5.91 Å². The van der Waals surface area contributed by atoms with Gasteiger partial charge in [-0.25, -0.2) is 0 Å². The Kier molecular flexibility index (Phi) is 4.35. The second-order valence-electron chi connectivity index (χ2n) is 4.07. The maximum atomic E-state index is 11.3. The molecule has 1 aliphatic heterocycles. The van der Waals surface area contributed by atoms with E-state index in [4.69, 9.17) is 10.5 Å². The van der Waals surface area contributed by atoms with Gasteiger partial charge in [-0.2, -0.15) is 0 Å². The Labute approximate surface area is 85.2 Å². The molecule has 1 unspecified atom stereocenters. The highest BCUT2D eigenvalue weighted by Gasteiger charge is 2.29. The topological polar surface area (TPSA) is 64.4 Å². The van der Waals surface area contributed by atoms with Crippen LogP contribution < -0.4 is 11.1 Å². The Balaban J connectivity index is 2.15. The predicted octanol–water partition coefficient (Wildman–Crippen LogP) is 0.411. The van der Waals surface area contributed by atoms with Crippen LogP contribution in [-0.2, 0) is 9.53 Å². The van der Waals surface area contributed by atoms with Crippen molar-refractivity contribution < 1.29 is 9.53 Å². The number of hydrogen-bond donors (Lipinski definition) is 2. The first-order valence-corrected chi connectivity index (χ1v) is 5.27. The summed E-state index contributed by atoms with van der Waals surface area (Å²) in [6.45, 7) is 4.05. The quantitative estimate of drug-likeness (QED) is 0.675. The van der Waals surface area contributed by atoms with Crippen molar-refractivity contribution in [2.24, 2.45) is 5.73 Å². The van der Waals surface area contributed by atoms with Crippen LogP contribution in [0.25, 0.3) is 0 Å². The van der Waals surface area contributed by atoms with Crippen LogP contribution in [0, 0.1) is 0 Å². The molecule has 3 N–H and O–H groups in total. The van der Waals surface area contributed by atoms with Gasteiger partial charge in [0.15, 0.2) is 0 Å². The standard InChI is InChI=1S/C10H20N2O2/c1-10(5-3-7-14-10)8-12-9(13)4-2-6-11/h2-8,11H2,1H3,(H,12,13). The Morgan fingerprint density at radius 3 is 3.00 bits per heavy atom. The van der Waals surface area contributed by atoms with E-state index in [0.717, 1.165) is 25.9 Å². The summed E-state index contributed by atoms with van der Waals surface area (Å²) in [6, 6.07) is 0. The molecule has 4 nitrogen and oxygen atoms in total. The van der Waals surface area contributed by atoms with E-state index >= 15 is 0 Å². The molecule has 0 saturated carbocycles. The van der Waals surface area contributed by atoms with Gasteiger partial charge in [-0.1, -0.05) is 0 Å². The molecule has 1 saturated heterocycles. The Hall–Kier alpha value is -0.610. The number of nitrogens with two attached hydrogens (primary N) is 1. The van der Waals surface area contributed by atoms with E-state index in [-0.39, 0.29) is 11.5 Å². The molecule has 1 fully saturated rings. The van der Waals surface area contributed by atoms with Gasteiger partial charge in [0, 0.05) is 19.6 Å². The van der Waals surface area contributed by atoms with E-state index in [1.54, 1.807) is 0 Å². The van der Waals surface area contributed by atoms with Crippen LogP contribution in [0.3, 0.4) is 0 Å². The number of carbonyl (C=O) groups excluding carboxylic acids is 1. The monoisotopic (exact) mass is 200 g/mol. The van der Waals surface area contributed by atoms with Crippen molar-refractivity contribution in [1.82, 2.24) is 5.32 Å². The third kappa shape index (κ3) is 3.64. The SMILES string of the molecule is CC1(CNC(=O)CCCN)CCCO1. The van der Waals surface area contributed by atoms with Crippen molar-refractivity contribution in [3.63, 3.8) is 0 Å². The van der Waals surface area contributed by atoms with Crippen LogP contribution in [0.5, 0.6) is 0 Å². The molecule has 0 spiro atoms. The summed E-state index contributed by atoms with van der Waals surface area (Å²) >= 11 is 0. The zero-order valence-corrected chi connectivity index (χ0v) is 8.84. The van der Waals surface area contributed by atoms with Crippen LogP contribution >= 0.6 is 0 Å². The highest BCUT2D eigenvalue weighted by atomic mass is 16.5. The highest BCUT2D eigenvalue weighted by Crippen LogP contribution is 2.23. The van der Waals surface area contributed by atoms with Gasteiger partial charge in [-0.15, -0.1) is 0 Å². The average Bonchev–Trinajstić information content (AvgIpc) is 2.60. The lowest BCUT2D eigenvalue weighted by atomic mass is 10.0. The molecule has 1 rings (SSSR count). The van der Waals surface area contributed by atoms with Crippen molar-refractivity contribution in [1.29, 1.82) is 0 Å². The average molecular weight is 200 g/mol. The predicted molar refractivity (Wildman–Crippen MR) is 54.9 cm³/mol. The first-order valence-electron chi connectivity index (χ1n) is 5.27. The zero-order chi connectivity index (χ0) is 10.4. The lowest BCUT2D eigenvalue weighted by Gasteiger charge is -2.23.